The van der Waals surface area contributed by atoms with E-state index in [-0.39, 0.29) is 11.7 Å². The highest BCUT2D eigenvalue weighted by molar-refractivity contribution is 6.03. The van der Waals surface area contributed by atoms with Gasteiger partial charge in [0.1, 0.15) is 11.6 Å². The summed E-state index contributed by atoms with van der Waals surface area (Å²) in [4.78, 5) is 18.8. The van der Waals surface area contributed by atoms with Gasteiger partial charge in [-0.15, -0.1) is 0 Å². The molecule has 1 aliphatic rings. The number of carbonyl (C=O) groups is 1. The first-order valence-electron chi connectivity index (χ1n) is 8.54. The van der Waals surface area contributed by atoms with E-state index in [1.165, 1.54) is 35.4 Å². The zero-order chi connectivity index (χ0) is 17.9. The van der Waals surface area contributed by atoms with Gasteiger partial charge in [0, 0.05) is 18.7 Å². The van der Waals surface area contributed by atoms with Crippen molar-refractivity contribution in [1.29, 1.82) is 0 Å². The first-order valence-corrected chi connectivity index (χ1v) is 8.54. The van der Waals surface area contributed by atoms with E-state index in [4.69, 9.17) is 0 Å². The highest BCUT2D eigenvalue weighted by Gasteiger charge is 2.16. The second-order valence-corrected chi connectivity index (χ2v) is 6.30. The summed E-state index contributed by atoms with van der Waals surface area (Å²) < 4.78 is 12.9. The molecule has 4 rings (SSSR count). The van der Waals surface area contributed by atoms with Crippen LogP contribution in [0.5, 0.6) is 0 Å². The Labute approximate surface area is 151 Å². The SMILES string of the molecule is O=C(Nc1ccc(N2CCc3ccccc3C2)cn1)c1ccc(F)cc1. The van der Waals surface area contributed by atoms with Crippen molar-refractivity contribution in [2.75, 3.05) is 16.8 Å². The van der Waals surface area contributed by atoms with Crippen LogP contribution in [0, 0.1) is 5.82 Å². The summed E-state index contributed by atoms with van der Waals surface area (Å²) in [7, 11) is 0. The molecule has 0 saturated carbocycles. The summed E-state index contributed by atoms with van der Waals surface area (Å²) in [5.41, 5.74) is 4.16. The van der Waals surface area contributed by atoms with Gasteiger partial charge in [0.15, 0.2) is 0 Å². The molecule has 1 aromatic heterocycles. The van der Waals surface area contributed by atoms with E-state index in [0.717, 1.165) is 25.2 Å². The number of aromatic nitrogens is 1. The number of benzene rings is 2. The minimum atomic E-state index is -0.368. The van der Waals surface area contributed by atoms with E-state index in [9.17, 15) is 9.18 Å². The fourth-order valence-electron chi connectivity index (χ4n) is 3.15. The Bertz CT molecular complexity index is 923. The molecular formula is C21H18FN3O. The lowest BCUT2D eigenvalue weighted by Crippen LogP contribution is -2.30. The van der Waals surface area contributed by atoms with Crippen molar-refractivity contribution in [1.82, 2.24) is 4.98 Å². The largest absolute Gasteiger partial charge is 0.366 e. The van der Waals surface area contributed by atoms with Crippen molar-refractivity contribution in [2.24, 2.45) is 0 Å². The number of amides is 1. The lowest BCUT2D eigenvalue weighted by Gasteiger charge is -2.30. The van der Waals surface area contributed by atoms with Crippen LogP contribution in [0.25, 0.3) is 0 Å². The van der Waals surface area contributed by atoms with Gasteiger partial charge in [-0.2, -0.15) is 0 Å². The maximum atomic E-state index is 12.9. The molecule has 0 spiro atoms. The first kappa shape index (κ1) is 16.3. The normalized spacial score (nSPS) is 13.2. The second-order valence-electron chi connectivity index (χ2n) is 6.30. The monoisotopic (exact) mass is 347 g/mol. The number of rotatable bonds is 3. The maximum Gasteiger partial charge on any atom is 0.256 e. The molecule has 26 heavy (non-hydrogen) atoms. The Morgan fingerprint density at radius 2 is 1.77 bits per heavy atom. The Kier molecular flexibility index (Phi) is 4.35. The lowest BCUT2D eigenvalue weighted by molar-refractivity contribution is 0.102. The van der Waals surface area contributed by atoms with Crippen LogP contribution in [-0.4, -0.2) is 17.4 Å². The van der Waals surface area contributed by atoms with Crippen molar-refractivity contribution < 1.29 is 9.18 Å². The third-order valence-corrected chi connectivity index (χ3v) is 4.59. The maximum absolute atomic E-state index is 12.9. The highest BCUT2D eigenvalue weighted by atomic mass is 19.1. The molecule has 130 valence electrons. The summed E-state index contributed by atoms with van der Waals surface area (Å²) in [6.45, 7) is 1.80. The third kappa shape index (κ3) is 3.42. The van der Waals surface area contributed by atoms with Gasteiger partial charge < -0.3 is 10.2 Å². The molecule has 0 fully saturated rings. The summed E-state index contributed by atoms with van der Waals surface area (Å²) >= 11 is 0. The van der Waals surface area contributed by atoms with Crippen molar-refractivity contribution in [3.05, 3.63) is 89.4 Å². The number of hydrogen-bond acceptors (Lipinski definition) is 3. The van der Waals surface area contributed by atoms with E-state index < -0.39 is 0 Å². The molecule has 0 atom stereocenters. The zero-order valence-corrected chi connectivity index (χ0v) is 14.2. The molecule has 0 radical (unpaired) electrons. The van der Waals surface area contributed by atoms with Crippen LogP contribution in [0.15, 0.2) is 66.9 Å². The number of fused-ring (bicyclic) bond motifs is 1. The summed E-state index contributed by atoms with van der Waals surface area (Å²) in [5, 5.41) is 2.73. The number of nitrogens with one attached hydrogen (secondary N) is 1. The van der Waals surface area contributed by atoms with Gasteiger partial charge in [0.05, 0.1) is 11.9 Å². The first-order chi connectivity index (χ1) is 12.7. The second kappa shape index (κ2) is 6.96. The highest BCUT2D eigenvalue weighted by Crippen LogP contribution is 2.24. The van der Waals surface area contributed by atoms with Gasteiger partial charge in [-0.1, -0.05) is 24.3 Å². The number of nitrogens with zero attached hydrogens (tertiary/aromatic N) is 2. The number of halogens is 1. The smallest absolute Gasteiger partial charge is 0.256 e. The van der Waals surface area contributed by atoms with E-state index in [2.05, 4.69) is 39.5 Å². The van der Waals surface area contributed by atoms with Crippen LogP contribution < -0.4 is 10.2 Å². The minimum absolute atomic E-state index is 0.308. The van der Waals surface area contributed by atoms with Crippen molar-refractivity contribution >= 4 is 17.4 Å². The predicted molar refractivity (Wildman–Crippen MR) is 99.8 cm³/mol. The van der Waals surface area contributed by atoms with Crippen LogP contribution in [0.1, 0.15) is 21.5 Å². The molecule has 5 heteroatoms. The summed E-state index contributed by atoms with van der Waals surface area (Å²) in [6, 6.07) is 17.7. The molecule has 1 aliphatic heterocycles. The van der Waals surface area contributed by atoms with E-state index in [0.29, 0.717) is 11.4 Å². The van der Waals surface area contributed by atoms with Gasteiger partial charge in [0.2, 0.25) is 0 Å². The molecule has 2 aromatic carbocycles. The molecule has 2 heterocycles. The lowest BCUT2D eigenvalue weighted by atomic mass is 10.00. The molecule has 3 aromatic rings. The van der Waals surface area contributed by atoms with Crippen LogP contribution in [0.4, 0.5) is 15.9 Å². The van der Waals surface area contributed by atoms with E-state index >= 15 is 0 Å². The zero-order valence-electron chi connectivity index (χ0n) is 14.2. The van der Waals surface area contributed by atoms with Gasteiger partial charge in [-0.25, -0.2) is 9.37 Å². The van der Waals surface area contributed by atoms with Crippen LogP contribution in [0.3, 0.4) is 0 Å². The molecular weight excluding hydrogens is 329 g/mol. The van der Waals surface area contributed by atoms with Crippen molar-refractivity contribution in [2.45, 2.75) is 13.0 Å². The summed E-state index contributed by atoms with van der Waals surface area (Å²) in [6.07, 6.45) is 2.79. The van der Waals surface area contributed by atoms with Crippen LogP contribution >= 0.6 is 0 Å². The Balaban J connectivity index is 1.44. The summed E-state index contributed by atoms with van der Waals surface area (Å²) in [5.74, 6) is -0.204. The Hall–Kier alpha value is -3.21. The number of pyridine rings is 1. The third-order valence-electron chi connectivity index (χ3n) is 4.59. The standard InChI is InChI=1S/C21H18FN3O/c22-18-7-5-16(6-8-18)21(26)24-20-10-9-19(13-23-20)25-12-11-15-3-1-2-4-17(15)14-25/h1-10,13H,11-12,14H2,(H,23,24,26). The topological polar surface area (TPSA) is 45.2 Å². The number of hydrogen-bond donors (Lipinski definition) is 1. The Morgan fingerprint density at radius 3 is 2.50 bits per heavy atom. The number of carbonyl (C=O) groups excluding carboxylic acids is 1. The average molecular weight is 347 g/mol. The van der Waals surface area contributed by atoms with Gasteiger partial charge >= 0.3 is 0 Å². The molecule has 4 nitrogen and oxygen atoms in total. The van der Waals surface area contributed by atoms with Gasteiger partial charge in [-0.05, 0) is 53.9 Å². The number of anilines is 2. The van der Waals surface area contributed by atoms with Crippen LogP contribution in [0.2, 0.25) is 0 Å². The Morgan fingerprint density at radius 1 is 1.00 bits per heavy atom. The predicted octanol–water partition coefficient (Wildman–Crippen LogP) is 4.04. The van der Waals surface area contributed by atoms with Crippen molar-refractivity contribution in [3.8, 4) is 0 Å². The fourth-order valence-corrected chi connectivity index (χ4v) is 3.15. The molecule has 0 saturated heterocycles. The minimum Gasteiger partial charge on any atom is -0.366 e. The molecule has 0 unspecified atom stereocenters. The molecule has 1 amide bonds. The molecule has 0 aliphatic carbocycles. The van der Waals surface area contributed by atoms with Gasteiger partial charge in [-0.3, -0.25) is 4.79 Å². The quantitative estimate of drug-likeness (QED) is 0.778. The molecule has 1 N–H and O–H groups in total. The van der Waals surface area contributed by atoms with E-state index in [1.807, 2.05) is 6.07 Å². The average Bonchev–Trinajstić information content (AvgIpc) is 2.68. The molecule has 0 bridgehead atoms. The van der Waals surface area contributed by atoms with Crippen molar-refractivity contribution in [3.63, 3.8) is 0 Å². The van der Waals surface area contributed by atoms with E-state index in [1.54, 1.807) is 12.3 Å². The fraction of sp³-hybridized carbons (Fsp3) is 0.143. The van der Waals surface area contributed by atoms with Crippen LogP contribution in [-0.2, 0) is 13.0 Å². The van der Waals surface area contributed by atoms with Gasteiger partial charge in [0.25, 0.3) is 5.91 Å².